The highest BCUT2D eigenvalue weighted by molar-refractivity contribution is 7.92. The number of aryl methyl sites for hydroxylation is 1. The Hall–Kier alpha value is -1.76. The molecule has 0 saturated carbocycles. The Kier molecular flexibility index (Phi) is 4.17. The third-order valence-corrected chi connectivity index (χ3v) is 3.47. The first-order valence-electron chi connectivity index (χ1n) is 6.33. The van der Waals surface area contributed by atoms with Gasteiger partial charge in [-0.15, -0.1) is 0 Å². The second-order valence-corrected chi connectivity index (χ2v) is 6.34. The van der Waals surface area contributed by atoms with Gasteiger partial charge in [-0.05, 0) is 31.4 Å². The van der Waals surface area contributed by atoms with E-state index in [1.54, 1.807) is 25.1 Å². The van der Waals surface area contributed by atoms with Crippen LogP contribution in [0.15, 0.2) is 18.2 Å². The van der Waals surface area contributed by atoms with Gasteiger partial charge in [0.1, 0.15) is 5.75 Å². The van der Waals surface area contributed by atoms with E-state index in [9.17, 15) is 13.2 Å². The van der Waals surface area contributed by atoms with Crippen LogP contribution in [0.3, 0.4) is 0 Å². The van der Waals surface area contributed by atoms with Gasteiger partial charge in [-0.25, -0.2) is 13.2 Å². The average molecular weight is 299 g/mol. The topological polar surface area (TPSA) is 81.7 Å². The summed E-state index contributed by atoms with van der Waals surface area (Å²) in [6.45, 7) is 2.05. The maximum Gasteiger partial charge on any atom is 0.347 e. The lowest BCUT2D eigenvalue weighted by Gasteiger charge is -2.25. The summed E-state index contributed by atoms with van der Waals surface area (Å²) in [7, 11) is -3.34. The fourth-order valence-electron chi connectivity index (χ4n) is 2.05. The van der Waals surface area contributed by atoms with Crippen LogP contribution in [0.4, 0.5) is 5.69 Å². The molecule has 0 aromatic heterocycles. The lowest BCUT2D eigenvalue weighted by Crippen LogP contribution is -2.32. The maximum absolute atomic E-state index is 11.7. The number of carbonyl (C=O) groups excluding carboxylic acids is 1. The standard InChI is InChI=1S/C13H17NO5S/c1-3-18-13(15)11-7-5-9-4-6-10(8-12(9)19-11)14-20(2,16)17/h4,6,8,11,14H,3,5,7H2,1-2H3. The van der Waals surface area contributed by atoms with E-state index in [1.807, 2.05) is 0 Å². The molecule has 0 amide bonds. The lowest BCUT2D eigenvalue weighted by molar-refractivity contribution is -0.152. The van der Waals surface area contributed by atoms with Crippen LogP contribution in [0, 0.1) is 0 Å². The average Bonchev–Trinajstić information content (AvgIpc) is 2.36. The van der Waals surface area contributed by atoms with Crippen LogP contribution in [0.5, 0.6) is 5.75 Å². The Morgan fingerprint density at radius 1 is 1.50 bits per heavy atom. The van der Waals surface area contributed by atoms with Crippen molar-refractivity contribution in [2.75, 3.05) is 17.6 Å². The molecule has 110 valence electrons. The van der Waals surface area contributed by atoms with Crippen molar-refractivity contribution in [3.05, 3.63) is 23.8 Å². The van der Waals surface area contributed by atoms with Crippen molar-refractivity contribution in [1.29, 1.82) is 0 Å². The summed E-state index contributed by atoms with van der Waals surface area (Å²) >= 11 is 0. The van der Waals surface area contributed by atoms with Crippen LogP contribution < -0.4 is 9.46 Å². The number of hydrogen-bond donors (Lipinski definition) is 1. The number of rotatable bonds is 4. The quantitative estimate of drug-likeness (QED) is 0.848. The van der Waals surface area contributed by atoms with Gasteiger partial charge in [-0.1, -0.05) is 6.07 Å². The van der Waals surface area contributed by atoms with Crippen LogP contribution in [0.25, 0.3) is 0 Å². The Labute approximate surface area is 118 Å². The van der Waals surface area contributed by atoms with E-state index in [4.69, 9.17) is 9.47 Å². The van der Waals surface area contributed by atoms with E-state index in [0.29, 0.717) is 30.9 Å². The fourth-order valence-corrected chi connectivity index (χ4v) is 2.60. The highest BCUT2D eigenvalue weighted by atomic mass is 32.2. The van der Waals surface area contributed by atoms with Crippen LogP contribution in [0.2, 0.25) is 0 Å². The molecule has 0 saturated heterocycles. The molecule has 0 spiro atoms. The summed E-state index contributed by atoms with van der Waals surface area (Å²) in [4.78, 5) is 11.7. The minimum absolute atomic E-state index is 0.307. The van der Waals surface area contributed by atoms with Crippen LogP contribution in [0.1, 0.15) is 18.9 Å². The SMILES string of the molecule is CCOC(=O)C1CCc2ccc(NS(C)(=O)=O)cc2O1. The molecule has 1 heterocycles. The molecule has 7 heteroatoms. The van der Waals surface area contributed by atoms with Crippen molar-refractivity contribution in [2.24, 2.45) is 0 Å². The number of sulfonamides is 1. The van der Waals surface area contributed by atoms with E-state index in [2.05, 4.69) is 4.72 Å². The molecule has 1 aliphatic heterocycles. The highest BCUT2D eigenvalue weighted by Gasteiger charge is 2.27. The molecule has 0 aliphatic carbocycles. The van der Waals surface area contributed by atoms with Gasteiger partial charge >= 0.3 is 5.97 Å². The molecule has 1 aromatic carbocycles. The molecule has 1 aliphatic rings. The summed E-state index contributed by atoms with van der Waals surface area (Å²) in [5, 5.41) is 0. The Morgan fingerprint density at radius 2 is 2.25 bits per heavy atom. The van der Waals surface area contributed by atoms with Gasteiger partial charge in [-0.3, -0.25) is 4.72 Å². The number of benzene rings is 1. The second kappa shape index (κ2) is 5.70. The van der Waals surface area contributed by atoms with Gasteiger partial charge in [0.25, 0.3) is 0 Å². The number of fused-ring (bicyclic) bond motifs is 1. The van der Waals surface area contributed by atoms with Gasteiger partial charge < -0.3 is 9.47 Å². The smallest absolute Gasteiger partial charge is 0.347 e. The first-order chi connectivity index (χ1) is 9.39. The third kappa shape index (κ3) is 3.63. The molecule has 1 unspecified atom stereocenters. The minimum atomic E-state index is -3.34. The first-order valence-corrected chi connectivity index (χ1v) is 8.22. The number of anilines is 1. The van der Waals surface area contributed by atoms with Crippen LogP contribution in [-0.2, 0) is 26.0 Å². The van der Waals surface area contributed by atoms with Crippen molar-refractivity contribution < 1.29 is 22.7 Å². The van der Waals surface area contributed by atoms with Crippen molar-refractivity contribution >= 4 is 21.7 Å². The van der Waals surface area contributed by atoms with E-state index in [-0.39, 0.29) is 5.97 Å². The number of hydrogen-bond acceptors (Lipinski definition) is 5. The van der Waals surface area contributed by atoms with Gasteiger partial charge in [0.2, 0.25) is 10.0 Å². The molecule has 1 aromatic rings. The Bertz CT molecular complexity index is 611. The molecule has 20 heavy (non-hydrogen) atoms. The van der Waals surface area contributed by atoms with Crippen molar-refractivity contribution in [3.63, 3.8) is 0 Å². The molecule has 0 bridgehead atoms. The Morgan fingerprint density at radius 3 is 2.90 bits per heavy atom. The molecule has 2 rings (SSSR count). The van der Waals surface area contributed by atoms with Gasteiger partial charge in [0.05, 0.1) is 18.6 Å². The Balaban J connectivity index is 2.17. The fraction of sp³-hybridized carbons (Fsp3) is 0.462. The zero-order chi connectivity index (χ0) is 14.8. The molecule has 1 atom stereocenters. The number of esters is 1. The van der Waals surface area contributed by atoms with Crippen molar-refractivity contribution in [2.45, 2.75) is 25.9 Å². The summed E-state index contributed by atoms with van der Waals surface area (Å²) in [6.07, 6.45) is 1.70. The van der Waals surface area contributed by atoms with Gasteiger partial charge in [0.15, 0.2) is 6.10 Å². The lowest BCUT2D eigenvalue weighted by atomic mass is 10.0. The molecule has 0 radical (unpaired) electrons. The van der Waals surface area contributed by atoms with Gasteiger partial charge in [-0.2, -0.15) is 0 Å². The van der Waals surface area contributed by atoms with E-state index < -0.39 is 16.1 Å². The molecule has 1 N–H and O–H groups in total. The monoisotopic (exact) mass is 299 g/mol. The number of carbonyl (C=O) groups is 1. The third-order valence-electron chi connectivity index (χ3n) is 2.86. The summed E-state index contributed by atoms with van der Waals surface area (Å²) in [6, 6.07) is 5.06. The second-order valence-electron chi connectivity index (χ2n) is 4.59. The zero-order valence-corrected chi connectivity index (χ0v) is 12.2. The molecule has 6 nitrogen and oxygen atoms in total. The van der Waals surface area contributed by atoms with Crippen molar-refractivity contribution in [1.82, 2.24) is 0 Å². The minimum Gasteiger partial charge on any atom is -0.478 e. The van der Waals surface area contributed by atoms with E-state index >= 15 is 0 Å². The summed E-state index contributed by atoms with van der Waals surface area (Å²) < 4.78 is 35.3. The zero-order valence-electron chi connectivity index (χ0n) is 11.4. The molecule has 0 fully saturated rings. The predicted molar refractivity (Wildman–Crippen MR) is 74.3 cm³/mol. The summed E-state index contributed by atoms with van der Waals surface area (Å²) in [5.41, 5.74) is 1.36. The van der Waals surface area contributed by atoms with E-state index in [1.165, 1.54) is 0 Å². The van der Waals surface area contributed by atoms with Crippen molar-refractivity contribution in [3.8, 4) is 5.75 Å². The number of ether oxygens (including phenoxy) is 2. The van der Waals surface area contributed by atoms with Crippen LogP contribution in [-0.4, -0.2) is 33.4 Å². The maximum atomic E-state index is 11.7. The first kappa shape index (κ1) is 14.6. The van der Waals surface area contributed by atoms with E-state index in [0.717, 1.165) is 11.8 Å². The molecular formula is C13H17NO5S. The normalized spacial score (nSPS) is 17.8. The van der Waals surface area contributed by atoms with Crippen LogP contribution >= 0.6 is 0 Å². The largest absolute Gasteiger partial charge is 0.478 e. The summed E-state index contributed by atoms with van der Waals surface area (Å²) in [5.74, 6) is 0.127. The molecular weight excluding hydrogens is 282 g/mol. The number of nitrogens with one attached hydrogen (secondary N) is 1. The van der Waals surface area contributed by atoms with Gasteiger partial charge in [0, 0.05) is 6.07 Å². The highest BCUT2D eigenvalue weighted by Crippen LogP contribution is 2.31. The predicted octanol–water partition coefficient (Wildman–Crippen LogP) is 1.31.